The smallest absolute Gasteiger partial charge is 0.281 e. The van der Waals surface area contributed by atoms with Crippen LogP contribution in [0, 0.1) is 0 Å². The average molecular weight is 249 g/mol. The molecule has 3 rings (SSSR count). The SMILES string of the molecule is CC12OC/C(=N\OCc3ccccc3)C(CO1)O2. The molecule has 2 fully saturated rings. The highest BCUT2D eigenvalue weighted by molar-refractivity contribution is 5.90. The highest BCUT2D eigenvalue weighted by atomic mass is 16.9. The van der Waals surface area contributed by atoms with Gasteiger partial charge in [-0.05, 0) is 5.56 Å². The third-order valence-corrected chi connectivity index (χ3v) is 2.96. The summed E-state index contributed by atoms with van der Waals surface area (Å²) in [7, 11) is 0. The molecule has 0 N–H and O–H groups in total. The lowest BCUT2D eigenvalue weighted by atomic mass is 10.2. The Morgan fingerprint density at radius 2 is 2.17 bits per heavy atom. The Kier molecular flexibility index (Phi) is 3.03. The van der Waals surface area contributed by atoms with Crippen molar-refractivity contribution in [3.63, 3.8) is 0 Å². The molecule has 2 unspecified atom stereocenters. The van der Waals surface area contributed by atoms with Gasteiger partial charge < -0.3 is 19.0 Å². The van der Waals surface area contributed by atoms with Crippen LogP contribution < -0.4 is 0 Å². The molecule has 18 heavy (non-hydrogen) atoms. The van der Waals surface area contributed by atoms with Gasteiger partial charge in [-0.25, -0.2) is 0 Å². The molecule has 5 heteroatoms. The number of rotatable bonds is 3. The summed E-state index contributed by atoms with van der Waals surface area (Å²) < 4.78 is 16.3. The first-order valence-corrected chi connectivity index (χ1v) is 5.93. The maximum absolute atomic E-state index is 5.54. The molecule has 0 amide bonds. The van der Waals surface area contributed by atoms with E-state index >= 15 is 0 Å². The van der Waals surface area contributed by atoms with Gasteiger partial charge in [0, 0.05) is 6.92 Å². The fraction of sp³-hybridized carbons (Fsp3) is 0.462. The van der Waals surface area contributed by atoms with E-state index in [0.29, 0.717) is 19.8 Å². The number of benzene rings is 1. The Morgan fingerprint density at radius 3 is 3.00 bits per heavy atom. The van der Waals surface area contributed by atoms with E-state index in [9.17, 15) is 0 Å². The second kappa shape index (κ2) is 4.68. The molecule has 2 saturated heterocycles. The van der Waals surface area contributed by atoms with Crippen molar-refractivity contribution < 1.29 is 19.0 Å². The number of ether oxygens (including phenoxy) is 3. The van der Waals surface area contributed by atoms with Gasteiger partial charge in [-0.1, -0.05) is 35.5 Å². The van der Waals surface area contributed by atoms with Gasteiger partial charge in [0.05, 0.1) is 13.2 Å². The Balaban J connectivity index is 1.58. The van der Waals surface area contributed by atoms with Crippen LogP contribution in [0.4, 0.5) is 0 Å². The van der Waals surface area contributed by atoms with E-state index in [1.807, 2.05) is 30.3 Å². The molecule has 2 atom stereocenters. The predicted molar refractivity (Wildman–Crippen MR) is 63.8 cm³/mol. The van der Waals surface area contributed by atoms with Crippen LogP contribution in [0.1, 0.15) is 12.5 Å². The molecule has 0 radical (unpaired) electrons. The van der Waals surface area contributed by atoms with Gasteiger partial charge in [0.25, 0.3) is 5.97 Å². The fourth-order valence-corrected chi connectivity index (χ4v) is 1.94. The predicted octanol–water partition coefficient (Wildman–Crippen LogP) is 1.68. The second-order valence-corrected chi connectivity index (χ2v) is 4.41. The van der Waals surface area contributed by atoms with Crippen molar-refractivity contribution in [3.8, 4) is 0 Å². The Labute approximate surface area is 105 Å². The van der Waals surface area contributed by atoms with Crippen molar-refractivity contribution >= 4 is 5.71 Å². The minimum absolute atomic E-state index is 0.153. The molecule has 0 saturated carbocycles. The van der Waals surface area contributed by atoms with Crippen LogP contribution in [0.2, 0.25) is 0 Å². The molecule has 1 aromatic rings. The number of oxime groups is 1. The van der Waals surface area contributed by atoms with E-state index in [1.54, 1.807) is 6.92 Å². The van der Waals surface area contributed by atoms with E-state index in [-0.39, 0.29) is 6.10 Å². The Morgan fingerprint density at radius 1 is 1.33 bits per heavy atom. The van der Waals surface area contributed by atoms with E-state index in [1.165, 1.54) is 0 Å². The molecule has 2 aliphatic heterocycles. The summed E-state index contributed by atoms with van der Waals surface area (Å²) in [5.74, 6) is -0.900. The summed E-state index contributed by atoms with van der Waals surface area (Å²) in [4.78, 5) is 5.32. The number of hydrogen-bond acceptors (Lipinski definition) is 5. The summed E-state index contributed by atoms with van der Waals surface area (Å²) in [5, 5.41) is 4.08. The van der Waals surface area contributed by atoms with Crippen molar-refractivity contribution in [3.05, 3.63) is 35.9 Å². The van der Waals surface area contributed by atoms with Crippen LogP contribution in [-0.2, 0) is 25.7 Å². The summed E-state index contributed by atoms with van der Waals surface area (Å²) in [6, 6.07) is 9.88. The van der Waals surface area contributed by atoms with Crippen molar-refractivity contribution in [2.24, 2.45) is 5.16 Å². The molecule has 2 aliphatic rings. The molecule has 0 spiro atoms. The first kappa shape index (κ1) is 11.6. The lowest BCUT2D eigenvalue weighted by Crippen LogP contribution is -2.41. The minimum atomic E-state index is -0.900. The fourth-order valence-electron chi connectivity index (χ4n) is 1.94. The van der Waals surface area contributed by atoms with Crippen LogP contribution in [0.15, 0.2) is 35.5 Å². The van der Waals surface area contributed by atoms with Crippen LogP contribution in [0.5, 0.6) is 0 Å². The molecule has 1 aromatic carbocycles. The molecule has 0 aromatic heterocycles. The van der Waals surface area contributed by atoms with Gasteiger partial charge >= 0.3 is 0 Å². The monoisotopic (exact) mass is 249 g/mol. The summed E-state index contributed by atoms with van der Waals surface area (Å²) >= 11 is 0. The topological polar surface area (TPSA) is 49.3 Å². The molecular weight excluding hydrogens is 234 g/mol. The number of nitrogens with zero attached hydrogens (tertiary/aromatic N) is 1. The normalized spacial score (nSPS) is 32.7. The van der Waals surface area contributed by atoms with E-state index in [2.05, 4.69) is 5.16 Å². The van der Waals surface area contributed by atoms with Crippen LogP contribution in [0.25, 0.3) is 0 Å². The van der Waals surface area contributed by atoms with Gasteiger partial charge in [-0.15, -0.1) is 0 Å². The lowest BCUT2D eigenvalue weighted by Gasteiger charge is -2.27. The van der Waals surface area contributed by atoms with Crippen LogP contribution >= 0.6 is 0 Å². The van der Waals surface area contributed by atoms with Crippen LogP contribution in [-0.4, -0.2) is 31.0 Å². The summed E-state index contributed by atoms with van der Waals surface area (Å²) in [6.45, 7) is 3.05. The second-order valence-electron chi connectivity index (χ2n) is 4.41. The molecule has 96 valence electrons. The van der Waals surface area contributed by atoms with Gasteiger partial charge in [-0.2, -0.15) is 0 Å². The van der Waals surface area contributed by atoms with Crippen LogP contribution in [0.3, 0.4) is 0 Å². The first-order chi connectivity index (χ1) is 8.75. The molecule has 0 aliphatic carbocycles. The minimum Gasteiger partial charge on any atom is -0.391 e. The first-order valence-electron chi connectivity index (χ1n) is 5.93. The zero-order valence-corrected chi connectivity index (χ0v) is 10.2. The maximum atomic E-state index is 5.54. The highest BCUT2D eigenvalue weighted by Gasteiger charge is 2.45. The molecule has 2 heterocycles. The van der Waals surface area contributed by atoms with Gasteiger partial charge in [0.1, 0.15) is 18.4 Å². The van der Waals surface area contributed by atoms with E-state index in [4.69, 9.17) is 19.0 Å². The quantitative estimate of drug-likeness (QED) is 0.765. The van der Waals surface area contributed by atoms with E-state index < -0.39 is 5.97 Å². The zero-order valence-electron chi connectivity index (χ0n) is 10.2. The third kappa shape index (κ3) is 2.38. The highest BCUT2D eigenvalue weighted by Crippen LogP contribution is 2.29. The molecular formula is C13H15NO4. The Hall–Kier alpha value is -1.43. The number of fused-ring (bicyclic) bond motifs is 2. The number of hydrogen-bond donors (Lipinski definition) is 0. The molecule has 2 bridgehead atoms. The lowest BCUT2D eigenvalue weighted by molar-refractivity contribution is -0.324. The maximum Gasteiger partial charge on any atom is 0.281 e. The third-order valence-electron chi connectivity index (χ3n) is 2.96. The largest absolute Gasteiger partial charge is 0.391 e. The standard InChI is InChI=1S/C13H15NO4/c1-13-15-8-11(12(18-13)9-16-13)14-17-7-10-5-3-2-4-6-10/h2-6,12H,7-9H2,1H3/b14-11+. The zero-order chi connectivity index (χ0) is 12.4. The van der Waals surface area contributed by atoms with Crippen molar-refractivity contribution in [2.45, 2.75) is 25.6 Å². The van der Waals surface area contributed by atoms with Crippen molar-refractivity contribution in [1.29, 1.82) is 0 Å². The van der Waals surface area contributed by atoms with Crippen molar-refractivity contribution in [2.75, 3.05) is 13.2 Å². The van der Waals surface area contributed by atoms with Crippen molar-refractivity contribution in [1.82, 2.24) is 0 Å². The Bertz CT molecular complexity index is 448. The molecule has 5 nitrogen and oxygen atoms in total. The summed E-state index contributed by atoms with van der Waals surface area (Å²) in [5.41, 5.74) is 1.81. The average Bonchev–Trinajstić information content (AvgIpc) is 2.71. The van der Waals surface area contributed by atoms with Gasteiger partial charge in [0.15, 0.2) is 0 Å². The van der Waals surface area contributed by atoms with Gasteiger partial charge in [0.2, 0.25) is 0 Å². The summed E-state index contributed by atoms with van der Waals surface area (Å²) in [6.07, 6.45) is -0.153. The van der Waals surface area contributed by atoms with E-state index in [0.717, 1.165) is 11.3 Å². The van der Waals surface area contributed by atoms with Gasteiger partial charge in [-0.3, -0.25) is 0 Å².